The fourth-order valence-corrected chi connectivity index (χ4v) is 2.60. The molecular formula is C10H16N2. The van der Waals surface area contributed by atoms with Crippen molar-refractivity contribution in [2.24, 2.45) is 0 Å². The van der Waals surface area contributed by atoms with Crippen LogP contribution in [0.25, 0.3) is 0 Å². The largest absolute Gasteiger partial charge is 0.286 e. The molecule has 2 saturated heterocycles. The fraction of sp³-hybridized carbons (Fsp3) is 0.900. The predicted octanol–water partition coefficient (Wildman–Crippen LogP) is 1.92. The van der Waals surface area contributed by atoms with E-state index in [0.29, 0.717) is 0 Å². The van der Waals surface area contributed by atoms with Crippen LogP contribution in [0.15, 0.2) is 0 Å². The third-order valence-corrected chi connectivity index (χ3v) is 3.35. The average Bonchev–Trinajstić information content (AvgIpc) is 2.18. The third kappa shape index (κ3) is 1.13. The van der Waals surface area contributed by atoms with Gasteiger partial charge < -0.3 is 0 Å². The van der Waals surface area contributed by atoms with Gasteiger partial charge in [-0.2, -0.15) is 5.26 Å². The average molecular weight is 164 g/mol. The summed E-state index contributed by atoms with van der Waals surface area (Å²) in [5.74, 6) is 0. The first-order chi connectivity index (χ1) is 5.87. The lowest BCUT2D eigenvalue weighted by atomic mass is 9.80. The molecule has 0 N–H and O–H groups in total. The van der Waals surface area contributed by atoms with Gasteiger partial charge in [-0.05, 0) is 51.6 Å². The lowest BCUT2D eigenvalue weighted by Crippen LogP contribution is -2.53. The molecule has 2 aliphatic heterocycles. The standard InChI is InChI=1S/C10H16N2/c11-9-10-5-1-3-7-12(10)8-4-2-6-10/h1-8H2. The van der Waals surface area contributed by atoms with Crippen molar-refractivity contribution >= 4 is 0 Å². The van der Waals surface area contributed by atoms with Crippen LogP contribution in [-0.2, 0) is 0 Å². The van der Waals surface area contributed by atoms with Crippen molar-refractivity contribution in [2.75, 3.05) is 13.1 Å². The van der Waals surface area contributed by atoms with E-state index in [0.717, 1.165) is 25.9 Å². The Labute approximate surface area is 74.2 Å². The van der Waals surface area contributed by atoms with E-state index >= 15 is 0 Å². The van der Waals surface area contributed by atoms with Gasteiger partial charge in [0, 0.05) is 0 Å². The maximum Gasteiger partial charge on any atom is 0.109 e. The zero-order valence-electron chi connectivity index (χ0n) is 7.55. The predicted molar refractivity (Wildman–Crippen MR) is 47.6 cm³/mol. The summed E-state index contributed by atoms with van der Waals surface area (Å²) in [6.07, 6.45) is 7.33. The Bertz CT molecular complexity index is 192. The minimum absolute atomic E-state index is 0.0451. The minimum atomic E-state index is -0.0451. The van der Waals surface area contributed by atoms with E-state index in [1.807, 2.05) is 0 Å². The Morgan fingerprint density at radius 3 is 2.00 bits per heavy atom. The highest BCUT2D eigenvalue weighted by atomic mass is 15.2. The zero-order chi connectivity index (χ0) is 8.44. The number of piperidine rings is 2. The molecule has 0 spiro atoms. The van der Waals surface area contributed by atoms with E-state index in [4.69, 9.17) is 0 Å². The number of hydrogen-bond acceptors (Lipinski definition) is 2. The lowest BCUT2D eigenvalue weighted by Gasteiger charge is -2.45. The molecule has 2 heterocycles. The molecule has 0 amide bonds. The Hall–Kier alpha value is -0.550. The van der Waals surface area contributed by atoms with Crippen LogP contribution in [0.4, 0.5) is 0 Å². The fourth-order valence-electron chi connectivity index (χ4n) is 2.60. The molecule has 0 aromatic heterocycles. The van der Waals surface area contributed by atoms with Crippen molar-refractivity contribution in [1.29, 1.82) is 5.26 Å². The summed E-state index contributed by atoms with van der Waals surface area (Å²) in [4.78, 5) is 2.42. The molecule has 0 unspecified atom stereocenters. The van der Waals surface area contributed by atoms with Gasteiger partial charge in [0.15, 0.2) is 0 Å². The van der Waals surface area contributed by atoms with Gasteiger partial charge in [-0.3, -0.25) is 4.90 Å². The van der Waals surface area contributed by atoms with E-state index in [9.17, 15) is 5.26 Å². The van der Waals surface area contributed by atoms with Gasteiger partial charge in [0.05, 0.1) is 6.07 Å². The molecule has 0 atom stereocenters. The summed E-state index contributed by atoms with van der Waals surface area (Å²) in [7, 11) is 0. The van der Waals surface area contributed by atoms with E-state index in [1.54, 1.807) is 0 Å². The summed E-state index contributed by atoms with van der Waals surface area (Å²) in [5.41, 5.74) is -0.0451. The van der Waals surface area contributed by atoms with Crippen LogP contribution in [0.3, 0.4) is 0 Å². The summed E-state index contributed by atoms with van der Waals surface area (Å²) in [6, 6.07) is 2.55. The Morgan fingerprint density at radius 1 is 1.00 bits per heavy atom. The normalized spacial score (nSPS) is 28.9. The van der Waals surface area contributed by atoms with Gasteiger partial charge in [0.25, 0.3) is 0 Å². The molecule has 2 heteroatoms. The van der Waals surface area contributed by atoms with Crippen molar-refractivity contribution in [3.05, 3.63) is 0 Å². The van der Waals surface area contributed by atoms with E-state index in [1.165, 1.54) is 25.7 Å². The van der Waals surface area contributed by atoms with Gasteiger partial charge in [-0.25, -0.2) is 0 Å². The maximum absolute atomic E-state index is 9.19. The Balaban J connectivity index is 2.16. The highest BCUT2D eigenvalue weighted by Crippen LogP contribution is 2.35. The van der Waals surface area contributed by atoms with E-state index in [-0.39, 0.29) is 5.54 Å². The Morgan fingerprint density at radius 2 is 1.58 bits per heavy atom. The summed E-state index contributed by atoms with van der Waals surface area (Å²) >= 11 is 0. The number of nitriles is 1. The SMILES string of the molecule is N#CC12CCCCN1CCCC2. The third-order valence-electron chi connectivity index (χ3n) is 3.35. The topological polar surface area (TPSA) is 27.0 Å². The first-order valence-electron chi connectivity index (χ1n) is 5.04. The molecule has 66 valence electrons. The second kappa shape index (κ2) is 3.06. The van der Waals surface area contributed by atoms with Crippen molar-refractivity contribution in [1.82, 2.24) is 4.90 Å². The second-order valence-electron chi connectivity index (χ2n) is 4.04. The van der Waals surface area contributed by atoms with Crippen LogP contribution in [0.5, 0.6) is 0 Å². The van der Waals surface area contributed by atoms with Gasteiger partial charge in [-0.15, -0.1) is 0 Å². The van der Waals surface area contributed by atoms with E-state index < -0.39 is 0 Å². The van der Waals surface area contributed by atoms with Crippen molar-refractivity contribution in [3.63, 3.8) is 0 Å². The van der Waals surface area contributed by atoms with Crippen molar-refractivity contribution < 1.29 is 0 Å². The lowest BCUT2D eigenvalue weighted by molar-refractivity contribution is 0.0552. The summed E-state index contributed by atoms with van der Waals surface area (Å²) < 4.78 is 0. The number of rotatable bonds is 0. The molecule has 2 rings (SSSR count). The maximum atomic E-state index is 9.19. The molecule has 0 bridgehead atoms. The van der Waals surface area contributed by atoms with Crippen LogP contribution < -0.4 is 0 Å². The molecule has 2 aliphatic rings. The number of fused-ring (bicyclic) bond motifs is 1. The highest BCUT2D eigenvalue weighted by Gasteiger charge is 2.40. The molecule has 0 saturated carbocycles. The van der Waals surface area contributed by atoms with Crippen molar-refractivity contribution in [2.45, 2.75) is 44.1 Å². The summed E-state index contributed by atoms with van der Waals surface area (Å²) in [6.45, 7) is 2.32. The number of nitrogens with zero attached hydrogens (tertiary/aromatic N) is 2. The van der Waals surface area contributed by atoms with Gasteiger partial charge >= 0.3 is 0 Å². The van der Waals surface area contributed by atoms with Crippen LogP contribution >= 0.6 is 0 Å². The second-order valence-corrected chi connectivity index (χ2v) is 4.04. The quantitative estimate of drug-likeness (QED) is 0.547. The molecule has 2 fully saturated rings. The van der Waals surface area contributed by atoms with Crippen LogP contribution in [0, 0.1) is 11.3 Å². The molecule has 12 heavy (non-hydrogen) atoms. The zero-order valence-corrected chi connectivity index (χ0v) is 7.55. The number of hydrogen-bond donors (Lipinski definition) is 0. The van der Waals surface area contributed by atoms with Gasteiger partial charge in [0.1, 0.15) is 5.54 Å². The molecule has 0 aromatic carbocycles. The van der Waals surface area contributed by atoms with Crippen molar-refractivity contribution in [3.8, 4) is 6.07 Å². The van der Waals surface area contributed by atoms with E-state index in [2.05, 4.69) is 11.0 Å². The van der Waals surface area contributed by atoms with Crippen LogP contribution in [-0.4, -0.2) is 23.5 Å². The van der Waals surface area contributed by atoms with Gasteiger partial charge in [-0.1, -0.05) is 0 Å². The first-order valence-corrected chi connectivity index (χ1v) is 5.04. The smallest absolute Gasteiger partial charge is 0.109 e. The minimum Gasteiger partial charge on any atom is -0.286 e. The summed E-state index contributed by atoms with van der Waals surface area (Å²) in [5, 5.41) is 9.19. The molecule has 0 aromatic rings. The van der Waals surface area contributed by atoms with Crippen LogP contribution in [0.1, 0.15) is 38.5 Å². The Kier molecular flexibility index (Phi) is 2.06. The van der Waals surface area contributed by atoms with Gasteiger partial charge in [0.2, 0.25) is 0 Å². The molecule has 2 nitrogen and oxygen atoms in total. The van der Waals surface area contributed by atoms with Crippen LogP contribution in [0.2, 0.25) is 0 Å². The monoisotopic (exact) mass is 164 g/mol. The molecule has 0 radical (unpaired) electrons. The molecule has 0 aliphatic carbocycles. The molecular weight excluding hydrogens is 148 g/mol. The first kappa shape index (κ1) is 8.07. The highest BCUT2D eigenvalue weighted by molar-refractivity contribution is 5.11.